The average molecular weight is 355 g/mol. The number of fused-ring (bicyclic) bond motifs is 4. The van der Waals surface area contributed by atoms with Crippen molar-refractivity contribution in [2.45, 2.75) is 44.6 Å². The third kappa shape index (κ3) is 2.49. The standard InChI is InChI=1S/C23H21N3O/c1-14-9-17-12-22-19(20(17)10-18(14)13-24)3-2-8-26(22)23(27)16-5-4-15-6-7-25-21(15)11-16/h4-5,7,9-11,19,22H,2-3,6,8,12H2,1H3/t19-,22+/m0/s1. The van der Waals surface area contributed by atoms with Crippen molar-refractivity contribution in [1.29, 1.82) is 5.26 Å². The van der Waals surface area contributed by atoms with E-state index in [9.17, 15) is 10.1 Å². The molecule has 2 heterocycles. The molecule has 4 heteroatoms. The van der Waals surface area contributed by atoms with Crippen LogP contribution in [0.4, 0.5) is 5.69 Å². The Kier molecular flexibility index (Phi) is 3.65. The Morgan fingerprint density at radius 1 is 1.26 bits per heavy atom. The van der Waals surface area contributed by atoms with Crippen molar-refractivity contribution < 1.29 is 4.79 Å². The summed E-state index contributed by atoms with van der Waals surface area (Å²) in [4.78, 5) is 19.8. The van der Waals surface area contributed by atoms with Gasteiger partial charge in [-0.1, -0.05) is 12.1 Å². The van der Waals surface area contributed by atoms with Crippen LogP contribution in [0.25, 0.3) is 0 Å². The third-order valence-corrected chi connectivity index (χ3v) is 6.35. The lowest BCUT2D eigenvalue weighted by molar-refractivity contribution is 0.0595. The number of benzene rings is 2. The first kappa shape index (κ1) is 16.3. The van der Waals surface area contributed by atoms with Crippen LogP contribution in [-0.4, -0.2) is 29.6 Å². The molecule has 1 amide bonds. The van der Waals surface area contributed by atoms with Gasteiger partial charge in [0.15, 0.2) is 0 Å². The number of aliphatic imine (C=N–C) groups is 1. The molecule has 134 valence electrons. The van der Waals surface area contributed by atoms with Crippen molar-refractivity contribution in [3.05, 3.63) is 63.7 Å². The number of rotatable bonds is 1. The minimum atomic E-state index is 0.111. The first-order valence-corrected chi connectivity index (χ1v) is 9.65. The van der Waals surface area contributed by atoms with Gasteiger partial charge in [-0.25, -0.2) is 0 Å². The fourth-order valence-corrected chi connectivity index (χ4v) is 4.97. The molecule has 0 saturated carbocycles. The van der Waals surface area contributed by atoms with Gasteiger partial charge in [-0.3, -0.25) is 9.79 Å². The molecule has 2 aromatic rings. The number of amides is 1. The van der Waals surface area contributed by atoms with Crippen LogP contribution in [0.15, 0.2) is 35.3 Å². The van der Waals surface area contributed by atoms with E-state index in [0.29, 0.717) is 5.92 Å². The number of nitrogens with zero attached hydrogens (tertiary/aromatic N) is 3. The number of hydrogen-bond acceptors (Lipinski definition) is 3. The summed E-state index contributed by atoms with van der Waals surface area (Å²) >= 11 is 0. The highest BCUT2D eigenvalue weighted by Gasteiger charge is 2.41. The Morgan fingerprint density at radius 3 is 3.00 bits per heavy atom. The first-order valence-electron chi connectivity index (χ1n) is 9.65. The Morgan fingerprint density at radius 2 is 2.15 bits per heavy atom. The van der Waals surface area contributed by atoms with Gasteiger partial charge in [0.25, 0.3) is 5.91 Å². The molecule has 4 nitrogen and oxygen atoms in total. The van der Waals surface area contributed by atoms with E-state index in [2.05, 4.69) is 28.1 Å². The van der Waals surface area contributed by atoms with Gasteiger partial charge >= 0.3 is 0 Å². The van der Waals surface area contributed by atoms with E-state index in [1.807, 2.05) is 31.3 Å². The summed E-state index contributed by atoms with van der Waals surface area (Å²) in [5.74, 6) is 0.456. The molecule has 2 atom stereocenters. The lowest BCUT2D eigenvalue weighted by Gasteiger charge is -2.38. The Balaban J connectivity index is 1.47. The molecule has 0 bridgehead atoms. The molecule has 0 aromatic heterocycles. The highest BCUT2D eigenvalue weighted by atomic mass is 16.2. The number of likely N-dealkylation sites (tertiary alicyclic amines) is 1. The van der Waals surface area contributed by atoms with Crippen LogP contribution >= 0.6 is 0 Å². The second-order valence-electron chi connectivity index (χ2n) is 7.86. The van der Waals surface area contributed by atoms with Gasteiger partial charge in [0.2, 0.25) is 0 Å². The van der Waals surface area contributed by atoms with Crippen molar-refractivity contribution >= 4 is 17.8 Å². The summed E-state index contributed by atoms with van der Waals surface area (Å²) in [7, 11) is 0. The summed E-state index contributed by atoms with van der Waals surface area (Å²) in [5, 5.41) is 9.39. The molecule has 0 radical (unpaired) electrons. The minimum Gasteiger partial charge on any atom is -0.335 e. The summed E-state index contributed by atoms with van der Waals surface area (Å²) < 4.78 is 0. The van der Waals surface area contributed by atoms with Gasteiger partial charge in [-0.2, -0.15) is 5.26 Å². The van der Waals surface area contributed by atoms with Gasteiger partial charge in [0.1, 0.15) is 0 Å². The van der Waals surface area contributed by atoms with Gasteiger partial charge in [0, 0.05) is 36.7 Å². The molecule has 5 rings (SSSR count). The molecular weight excluding hydrogens is 334 g/mol. The molecule has 1 fully saturated rings. The third-order valence-electron chi connectivity index (χ3n) is 6.35. The fourth-order valence-electron chi connectivity index (χ4n) is 4.97. The summed E-state index contributed by atoms with van der Waals surface area (Å²) in [6, 6.07) is 12.6. The lowest BCUT2D eigenvalue weighted by atomic mass is 9.87. The second-order valence-corrected chi connectivity index (χ2v) is 7.86. The Bertz CT molecular complexity index is 1030. The Hall–Kier alpha value is -2.93. The van der Waals surface area contributed by atoms with Crippen molar-refractivity contribution in [2.24, 2.45) is 4.99 Å². The monoisotopic (exact) mass is 355 g/mol. The van der Waals surface area contributed by atoms with Crippen LogP contribution < -0.4 is 0 Å². The lowest BCUT2D eigenvalue weighted by Crippen LogP contribution is -2.46. The SMILES string of the molecule is Cc1cc2c(cc1C#N)[C@@H]1CCCN(C(=O)c3ccc4c(c3)N=CC4)[C@@H]1C2. The molecule has 3 aliphatic rings. The normalized spacial score (nSPS) is 22.1. The van der Waals surface area contributed by atoms with Gasteiger partial charge < -0.3 is 4.90 Å². The summed E-state index contributed by atoms with van der Waals surface area (Å²) in [6.07, 6.45) is 5.74. The molecule has 0 spiro atoms. The number of carbonyl (C=O) groups excluding carboxylic acids is 1. The zero-order valence-electron chi connectivity index (χ0n) is 15.4. The molecule has 2 aromatic carbocycles. The maximum absolute atomic E-state index is 13.3. The molecule has 27 heavy (non-hydrogen) atoms. The number of piperidine rings is 1. The number of hydrogen-bond donors (Lipinski definition) is 0. The number of nitriles is 1. The molecule has 0 unspecified atom stereocenters. The van der Waals surface area contributed by atoms with E-state index in [4.69, 9.17) is 0 Å². The van der Waals surface area contributed by atoms with Crippen molar-refractivity contribution in [2.75, 3.05) is 6.54 Å². The van der Waals surface area contributed by atoms with Gasteiger partial charge in [0.05, 0.1) is 17.3 Å². The second kappa shape index (κ2) is 6.06. The van der Waals surface area contributed by atoms with E-state index in [0.717, 1.165) is 54.6 Å². The maximum Gasteiger partial charge on any atom is 0.254 e. The van der Waals surface area contributed by atoms with E-state index in [1.165, 1.54) is 16.7 Å². The summed E-state index contributed by atoms with van der Waals surface area (Å²) in [6.45, 7) is 2.80. The van der Waals surface area contributed by atoms with Crippen LogP contribution in [0.5, 0.6) is 0 Å². The molecule has 1 aliphatic carbocycles. The quantitative estimate of drug-likeness (QED) is 0.774. The Labute approximate surface area is 159 Å². The highest BCUT2D eigenvalue weighted by molar-refractivity contribution is 5.96. The minimum absolute atomic E-state index is 0.111. The topological polar surface area (TPSA) is 56.5 Å². The van der Waals surface area contributed by atoms with E-state index in [-0.39, 0.29) is 11.9 Å². The fraction of sp³-hybridized carbons (Fsp3) is 0.348. The molecule has 0 N–H and O–H groups in total. The first-order chi connectivity index (χ1) is 13.2. The highest BCUT2D eigenvalue weighted by Crippen LogP contribution is 2.43. The van der Waals surface area contributed by atoms with Gasteiger partial charge in [-0.05, 0) is 66.6 Å². The van der Waals surface area contributed by atoms with Crippen molar-refractivity contribution in [3.63, 3.8) is 0 Å². The predicted molar refractivity (Wildman–Crippen MR) is 105 cm³/mol. The largest absolute Gasteiger partial charge is 0.335 e. The number of carbonyl (C=O) groups is 1. The predicted octanol–water partition coefficient (Wildman–Crippen LogP) is 4.07. The van der Waals surface area contributed by atoms with Crippen molar-refractivity contribution in [3.8, 4) is 6.07 Å². The average Bonchev–Trinajstić information content (AvgIpc) is 3.29. The van der Waals surface area contributed by atoms with Crippen LogP contribution in [0.2, 0.25) is 0 Å². The number of aryl methyl sites for hydroxylation is 1. The zero-order chi connectivity index (χ0) is 18.5. The van der Waals surface area contributed by atoms with Crippen LogP contribution in [0.3, 0.4) is 0 Å². The van der Waals surface area contributed by atoms with E-state index in [1.54, 1.807) is 0 Å². The molecular formula is C23H21N3O. The molecule has 1 saturated heterocycles. The van der Waals surface area contributed by atoms with E-state index < -0.39 is 0 Å². The van der Waals surface area contributed by atoms with E-state index >= 15 is 0 Å². The smallest absolute Gasteiger partial charge is 0.254 e. The van der Waals surface area contributed by atoms with Crippen LogP contribution in [0, 0.1) is 18.3 Å². The van der Waals surface area contributed by atoms with Crippen molar-refractivity contribution in [1.82, 2.24) is 4.90 Å². The van der Waals surface area contributed by atoms with Crippen LogP contribution in [0.1, 0.15) is 56.9 Å². The van der Waals surface area contributed by atoms with Crippen LogP contribution in [-0.2, 0) is 12.8 Å². The molecule has 2 aliphatic heterocycles. The zero-order valence-corrected chi connectivity index (χ0v) is 15.4. The summed E-state index contributed by atoms with van der Waals surface area (Å²) in [5.41, 5.74) is 7.23. The van der Waals surface area contributed by atoms with Gasteiger partial charge in [-0.15, -0.1) is 0 Å². The maximum atomic E-state index is 13.3.